The number of nitrogens with zero attached hydrogens (tertiary/aromatic N) is 3. The van der Waals surface area contributed by atoms with Gasteiger partial charge >= 0.3 is 12.1 Å². The maximum atomic E-state index is 12.5. The van der Waals surface area contributed by atoms with Crippen LogP contribution in [0.25, 0.3) is 0 Å². The average molecular weight is 444 g/mol. The van der Waals surface area contributed by atoms with Crippen LogP contribution in [-0.2, 0) is 22.4 Å². The molecule has 164 valence electrons. The van der Waals surface area contributed by atoms with Gasteiger partial charge in [0.25, 0.3) is 0 Å². The van der Waals surface area contributed by atoms with E-state index in [0.29, 0.717) is 11.6 Å². The number of ether oxygens (including phenoxy) is 1. The molecule has 2 atom stereocenters. The lowest BCUT2D eigenvalue weighted by Crippen LogP contribution is -2.59. The number of piperazine rings is 1. The summed E-state index contributed by atoms with van der Waals surface area (Å²) in [5.74, 6) is -1.04. The molecule has 1 saturated heterocycles. The monoisotopic (exact) mass is 443 g/mol. The fourth-order valence-electron chi connectivity index (χ4n) is 4.49. The van der Waals surface area contributed by atoms with E-state index in [0.717, 1.165) is 35.2 Å². The molecule has 2 heterocycles. The second kappa shape index (κ2) is 8.85. The Hall–Kier alpha value is -2.64. The normalized spacial score (nSPS) is 21.2. The third kappa shape index (κ3) is 4.38. The van der Waals surface area contributed by atoms with E-state index in [1.807, 2.05) is 24.3 Å². The number of carbonyl (C=O) groups is 2. The van der Waals surface area contributed by atoms with Gasteiger partial charge in [-0.05, 0) is 61.6 Å². The second-order valence-electron chi connectivity index (χ2n) is 8.27. The molecule has 1 fully saturated rings. The van der Waals surface area contributed by atoms with E-state index >= 15 is 0 Å². The van der Waals surface area contributed by atoms with Crippen molar-refractivity contribution in [1.29, 1.82) is 0 Å². The van der Waals surface area contributed by atoms with Crippen LogP contribution in [0.2, 0.25) is 5.02 Å². The number of aryl methyl sites for hydroxylation is 2. The van der Waals surface area contributed by atoms with E-state index in [1.54, 1.807) is 20.0 Å². The lowest BCUT2D eigenvalue weighted by molar-refractivity contribution is -0.145. The molecule has 1 aromatic carbocycles. The Bertz CT molecular complexity index is 997. The average Bonchev–Trinajstić information content (AvgIpc) is 2.89. The molecule has 1 aliphatic heterocycles. The molecule has 2 aromatic rings. The van der Waals surface area contributed by atoms with Crippen molar-refractivity contribution >= 4 is 23.7 Å². The SMILES string of the molecule is CC(C)OC(=O)N1CCN([C@@H]2c3ccc(Cl)cc3CCc3cccnc32)C[C@@H]1C(=O)O. The van der Waals surface area contributed by atoms with E-state index in [2.05, 4.69) is 11.0 Å². The number of halogens is 1. The van der Waals surface area contributed by atoms with Crippen molar-refractivity contribution in [2.75, 3.05) is 19.6 Å². The first-order valence-electron chi connectivity index (χ1n) is 10.5. The Morgan fingerprint density at radius 1 is 1.19 bits per heavy atom. The van der Waals surface area contributed by atoms with Crippen molar-refractivity contribution in [3.63, 3.8) is 0 Å². The van der Waals surface area contributed by atoms with E-state index < -0.39 is 18.1 Å². The van der Waals surface area contributed by atoms with Crippen LogP contribution in [0, 0.1) is 0 Å². The number of hydrogen-bond acceptors (Lipinski definition) is 5. The maximum absolute atomic E-state index is 12.5. The Labute approximate surface area is 186 Å². The molecule has 1 N–H and O–H groups in total. The van der Waals surface area contributed by atoms with Crippen LogP contribution in [-0.4, -0.2) is 63.7 Å². The smallest absolute Gasteiger partial charge is 0.410 e. The van der Waals surface area contributed by atoms with Gasteiger partial charge in [0.2, 0.25) is 0 Å². The minimum Gasteiger partial charge on any atom is -0.480 e. The number of hydrogen-bond donors (Lipinski definition) is 1. The molecule has 0 spiro atoms. The topological polar surface area (TPSA) is 83.0 Å². The molecule has 8 heteroatoms. The highest BCUT2D eigenvalue weighted by Gasteiger charge is 2.41. The number of fused-ring (bicyclic) bond motifs is 2. The quantitative estimate of drug-likeness (QED) is 0.781. The van der Waals surface area contributed by atoms with Crippen molar-refractivity contribution in [3.8, 4) is 0 Å². The van der Waals surface area contributed by atoms with Crippen LogP contribution in [0.4, 0.5) is 4.79 Å². The minimum absolute atomic E-state index is 0.186. The third-order valence-corrected chi connectivity index (χ3v) is 6.12. The molecule has 1 amide bonds. The van der Waals surface area contributed by atoms with E-state index in [-0.39, 0.29) is 25.2 Å². The summed E-state index contributed by atoms with van der Waals surface area (Å²) in [6.07, 6.45) is 2.56. The van der Waals surface area contributed by atoms with Crippen LogP contribution in [0.15, 0.2) is 36.5 Å². The highest BCUT2D eigenvalue weighted by molar-refractivity contribution is 6.30. The zero-order valence-corrected chi connectivity index (χ0v) is 18.4. The highest BCUT2D eigenvalue weighted by Crippen LogP contribution is 2.37. The number of aliphatic carboxylic acids is 1. The lowest BCUT2D eigenvalue weighted by atomic mass is 9.95. The standard InChI is InChI=1S/C23H26ClN3O4/c1-14(2)31-23(30)27-11-10-26(13-19(27)22(28)29)21-18-8-7-17(24)12-16(18)6-5-15-4-3-9-25-20(15)21/h3-4,7-9,12,14,19,21H,5-6,10-11,13H2,1-2H3,(H,28,29)/t19-,21-/m1/s1. The first-order chi connectivity index (χ1) is 14.8. The van der Waals surface area contributed by atoms with Crippen LogP contribution < -0.4 is 0 Å². The van der Waals surface area contributed by atoms with Gasteiger partial charge in [-0.25, -0.2) is 9.59 Å². The number of carboxylic acid groups (broad SMARTS) is 1. The highest BCUT2D eigenvalue weighted by atomic mass is 35.5. The summed E-state index contributed by atoms with van der Waals surface area (Å²) in [4.78, 5) is 32.7. The van der Waals surface area contributed by atoms with E-state index in [1.165, 1.54) is 4.90 Å². The molecule has 1 aromatic heterocycles. The Balaban J connectivity index is 1.71. The maximum Gasteiger partial charge on any atom is 0.410 e. The second-order valence-corrected chi connectivity index (χ2v) is 8.70. The molecule has 2 aliphatic rings. The number of rotatable bonds is 3. The zero-order chi connectivity index (χ0) is 22.1. The third-order valence-electron chi connectivity index (χ3n) is 5.88. The summed E-state index contributed by atoms with van der Waals surface area (Å²) in [7, 11) is 0. The molecule has 7 nitrogen and oxygen atoms in total. The van der Waals surface area contributed by atoms with Gasteiger partial charge in [-0.3, -0.25) is 14.8 Å². The number of pyridine rings is 1. The van der Waals surface area contributed by atoms with Gasteiger partial charge in [0, 0.05) is 30.9 Å². The molecule has 0 radical (unpaired) electrons. The summed E-state index contributed by atoms with van der Waals surface area (Å²) >= 11 is 6.27. The summed E-state index contributed by atoms with van der Waals surface area (Å²) in [6.45, 7) is 4.47. The lowest BCUT2D eigenvalue weighted by Gasteiger charge is -2.42. The fraction of sp³-hybridized carbons (Fsp3) is 0.435. The molecule has 4 rings (SSSR count). The van der Waals surface area contributed by atoms with Crippen molar-refractivity contribution in [3.05, 3.63) is 63.9 Å². The fourth-order valence-corrected chi connectivity index (χ4v) is 4.68. The molecule has 0 bridgehead atoms. The number of aromatic nitrogens is 1. The first kappa shape index (κ1) is 21.6. The molecule has 31 heavy (non-hydrogen) atoms. The van der Waals surface area contributed by atoms with Gasteiger partial charge in [0.15, 0.2) is 0 Å². The zero-order valence-electron chi connectivity index (χ0n) is 17.6. The van der Waals surface area contributed by atoms with Crippen LogP contribution in [0.1, 0.15) is 42.3 Å². The Kier molecular flexibility index (Phi) is 6.16. The first-order valence-corrected chi connectivity index (χ1v) is 10.9. The number of benzene rings is 1. The van der Waals surface area contributed by atoms with E-state index in [4.69, 9.17) is 21.3 Å². The number of amides is 1. The van der Waals surface area contributed by atoms with Crippen molar-refractivity contribution in [2.24, 2.45) is 0 Å². The number of carboxylic acids is 1. The summed E-state index contributed by atoms with van der Waals surface area (Å²) in [5, 5.41) is 10.6. The van der Waals surface area contributed by atoms with Gasteiger partial charge < -0.3 is 9.84 Å². The van der Waals surface area contributed by atoms with Gasteiger partial charge in [-0.15, -0.1) is 0 Å². The van der Waals surface area contributed by atoms with Gasteiger partial charge in [-0.2, -0.15) is 0 Å². The largest absolute Gasteiger partial charge is 0.480 e. The molecule has 0 unspecified atom stereocenters. The summed E-state index contributed by atoms with van der Waals surface area (Å²) in [5.41, 5.74) is 4.31. The van der Waals surface area contributed by atoms with Crippen LogP contribution in [0.5, 0.6) is 0 Å². The molecule has 0 saturated carbocycles. The molecule has 1 aliphatic carbocycles. The molecular weight excluding hydrogens is 418 g/mol. The van der Waals surface area contributed by atoms with Crippen molar-refractivity contribution < 1.29 is 19.4 Å². The molecular formula is C23H26ClN3O4. The van der Waals surface area contributed by atoms with Crippen LogP contribution >= 0.6 is 11.6 Å². The summed E-state index contributed by atoms with van der Waals surface area (Å²) < 4.78 is 5.27. The van der Waals surface area contributed by atoms with Crippen molar-refractivity contribution in [2.45, 2.75) is 44.9 Å². The number of carbonyl (C=O) groups excluding carboxylic acids is 1. The van der Waals surface area contributed by atoms with Crippen molar-refractivity contribution in [1.82, 2.24) is 14.8 Å². The van der Waals surface area contributed by atoms with E-state index in [9.17, 15) is 14.7 Å². The van der Waals surface area contributed by atoms with Crippen LogP contribution in [0.3, 0.4) is 0 Å². The predicted octanol–water partition coefficient (Wildman–Crippen LogP) is 3.54. The predicted molar refractivity (Wildman–Crippen MR) is 116 cm³/mol. The minimum atomic E-state index is -1.04. The Morgan fingerprint density at radius 3 is 2.71 bits per heavy atom. The van der Waals surface area contributed by atoms with Gasteiger partial charge in [0.05, 0.1) is 17.8 Å². The van der Waals surface area contributed by atoms with Gasteiger partial charge in [0.1, 0.15) is 6.04 Å². The summed E-state index contributed by atoms with van der Waals surface area (Å²) in [6, 6.07) is 8.68. The van der Waals surface area contributed by atoms with Gasteiger partial charge in [-0.1, -0.05) is 23.7 Å². The Morgan fingerprint density at radius 2 is 1.97 bits per heavy atom.